The van der Waals surface area contributed by atoms with E-state index in [0.29, 0.717) is 5.92 Å². The molecule has 148 valence electrons. The monoisotopic (exact) mass is 365 g/mol. The molecule has 0 aromatic heterocycles. The number of hydrogen-bond acceptors (Lipinski definition) is 4. The van der Waals surface area contributed by atoms with Crippen LogP contribution < -0.4 is 5.32 Å². The number of nitrogens with zero attached hydrogens (tertiary/aromatic N) is 4. The Morgan fingerprint density at radius 1 is 1.19 bits per heavy atom. The standard InChI is InChI=1S/C19H35N5O2/c1-22(2)18(25)13-21-19(20-12-17-6-5-11-26-17)24-10-7-16(15-24)14-23-8-3-4-9-23/h16-17H,3-15H2,1-2H3,(H,20,21). The van der Waals surface area contributed by atoms with Gasteiger partial charge in [-0.3, -0.25) is 4.79 Å². The van der Waals surface area contributed by atoms with Crippen LogP contribution in [-0.4, -0.2) is 99.2 Å². The van der Waals surface area contributed by atoms with Crippen molar-refractivity contribution in [1.29, 1.82) is 0 Å². The Labute approximate surface area is 157 Å². The number of aliphatic imine (C=N–C) groups is 1. The predicted molar refractivity (Wildman–Crippen MR) is 103 cm³/mol. The minimum Gasteiger partial charge on any atom is -0.376 e. The van der Waals surface area contributed by atoms with E-state index in [9.17, 15) is 4.79 Å². The molecule has 7 nitrogen and oxygen atoms in total. The van der Waals surface area contributed by atoms with Crippen molar-refractivity contribution in [3.63, 3.8) is 0 Å². The van der Waals surface area contributed by atoms with E-state index >= 15 is 0 Å². The maximum Gasteiger partial charge on any atom is 0.243 e. The maximum absolute atomic E-state index is 12.0. The van der Waals surface area contributed by atoms with E-state index in [2.05, 4.69) is 20.1 Å². The van der Waals surface area contributed by atoms with Gasteiger partial charge in [-0.1, -0.05) is 0 Å². The molecule has 0 saturated carbocycles. The summed E-state index contributed by atoms with van der Waals surface area (Å²) < 4.78 is 5.72. The van der Waals surface area contributed by atoms with Crippen LogP contribution in [0.25, 0.3) is 0 Å². The molecule has 0 aromatic carbocycles. The molecule has 7 heteroatoms. The molecule has 3 aliphatic heterocycles. The zero-order valence-corrected chi connectivity index (χ0v) is 16.5. The first-order valence-corrected chi connectivity index (χ1v) is 10.2. The molecule has 0 aliphatic carbocycles. The Morgan fingerprint density at radius 2 is 2.00 bits per heavy atom. The quantitative estimate of drug-likeness (QED) is 0.552. The molecule has 3 aliphatic rings. The molecule has 3 rings (SSSR count). The maximum atomic E-state index is 12.0. The number of likely N-dealkylation sites (tertiary alicyclic amines) is 2. The number of guanidine groups is 1. The Kier molecular flexibility index (Phi) is 7.14. The lowest BCUT2D eigenvalue weighted by Gasteiger charge is -2.24. The number of hydrogen-bond donors (Lipinski definition) is 1. The number of rotatable bonds is 6. The summed E-state index contributed by atoms with van der Waals surface area (Å²) in [5.41, 5.74) is 0. The molecule has 26 heavy (non-hydrogen) atoms. The van der Waals surface area contributed by atoms with Crippen LogP contribution in [0.1, 0.15) is 32.1 Å². The van der Waals surface area contributed by atoms with E-state index in [-0.39, 0.29) is 18.6 Å². The van der Waals surface area contributed by atoms with E-state index in [1.807, 2.05) is 0 Å². The average Bonchev–Trinajstić information content (AvgIpc) is 3.37. The normalized spacial score (nSPS) is 27.3. The van der Waals surface area contributed by atoms with E-state index < -0.39 is 0 Å². The largest absolute Gasteiger partial charge is 0.376 e. The number of carbonyl (C=O) groups is 1. The SMILES string of the molecule is CN(C)C(=O)CN=C(NCC1CCCO1)N1CCC(CN2CCCC2)C1. The van der Waals surface area contributed by atoms with Crippen molar-refractivity contribution in [3.8, 4) is 0 Å². The van der Waals surface area contributed by atoms with Crippen LogP contribution in [0.5, 0.6) is 0 Å². The molecule has 0 aromatic rings. The lowest BCUT2D eigenvalue weighted by Crippen LogP contribution is -2.44. The smallest absolute Gasteiger partial charge is 0.243 e. The highest BCUT2D eigenvalue weighted by atomic mass is 16.5. The summed E-state index contributed by atoms with van der Waals surface area (Å²) in [6.45, 7) is 7.61. The highest BCUT2D eigenvalue weighted by molar-refractivity contribution is 5.85. The second-order valence-corrected chi connectivity index (χ2v) is 8.05. The zero-order valence-electron chi connectivity index (χ0n) is 16.5. The first kappa shape index (κ1) is 19.4. The van der Waals surface area contributed by atoms with Gasteiger partial charge in [0.1, 0.15) is 6.54 Å². The third-order valence-electron chi connectivity index (χ3n) is 5.68. The first-order valence-electron chi connectivity index (χ1n) is 10.2. The Bertz CT molecular complexity index is 484. The van der Waals surface area contributed by atoms with Gasteiger partial charge in [-0.2, -0.15) is 0 Å². The average molecular weight is 366 g/mol. The predicted octanol–water partition coefficient (Wildman–Crippen LogP) is 0.617. The summed E-state index contributed by atoms with van der Waals surface area (Å²) in [6, 6.07) is 0. The Balaban J connectivity index is 1.54. The summed E-state index contributed by atoms with van der Waals surface area (Å²) in [4.78, 5) is 23.1. The van der Waals surface area contributed by atoms with Gasteiger partial charge in [-0.15, -0.1) is 0 Å². The summed E-state index contributed by atoms with van der Waals surface area (Å²) in [5, 5.41) is 3.48. The molecular weight excluding hydrogens is 330 g/mol. The second-order valence-electron chi connectivity index (χ2n) is 8.05. The highest BCUT2D eigenvalue weighted by Gasteiger charge is 2.28. The summed E-state index contributed by atoms with van der Waals surface area (Å²) in [7, 11) is 3.55. The fourth-order valence-electron chi connectivity index (χ4n) is 4.07. The molecule has 3 fully saturated rings. The molecule has 0 spiro atoms. The number of nitrogens with one attached hydrogen (secondary N) is 1. The summed E-state index contributed by atoms with van der Waals surface area (Å²) in [5.74, 6) is 1.61. The highest BCUT2D eigenvalue weighted by Crippen LogP contribution is 2.20. The van der Waals surface area contributed by atoms with E-state index in [0.717, 1.165) is 45.0 Å². The molecule has 1 amide bonds. The van der Waals surface area contributed by atoms with Crippen LogP contribution in [0.3, 0.4) is 0 Å². The topological polar surface area (TPSA) is 60.4 Å². The summed E-state index contributed by atoms with van der Waals surface area (Å²) >= 11 is 0. The zero-order chi connectivity index (χ0) is 18.4. The lowest BCUT2D eigenvalue weighted by atomic mass is 10.1. The van der Waals surface area contributed by atoms with Crippen molar-refractivity contribution in [3.05, 3.63) is 0 Å². The van der Waals surface area contributed by atoms with Gasteiger partial charge >= 0.3 is 0 Å². The fraction of sp³-hybridized carbons (Fsp3) is 0.895. The second kappa shape index (κ2) is 9.55. The van der Waals surface area contributed by atoms with Gasteiger partial charge in [0.15, 0.2) is 5.96 Å². The third-order valence-corrected chi connectivity index (χ3v) is 5.68. The number of amides is 1. The first-order chi connectivity index (χ1) is 12.6. The van der Waals surface area contributed by atoms with Gasteiger partial charge in [-0.25, -0.2) is 4.99 Å². The van der Waals surface area contributed by atoms with Crippen molar-refractivity contribution >= 4 is 11.9 Å². The van der Waals surface area contributed by atoms with Crippen molar-refractivity contribution < 1.29 is 9.53 Å². The van der Waals surface area contributed by atoms with E-state index in [1.54, 1.807) is 19.0 Å². The molecule has 0 bridgehead atoms. The van der Waals surface area contributed by atoms with Gasteiger partial charge in [0.2, 0.25) is 5.91 Å². The lowest BCUT2D eigenvalue weighted by molar-refractivity contribution is -0.127. The van der Waals surface area contributed by atoms with E-state index in [1.165, 1.54) is 38.9 Å². The van der Waals surface area contributed by atoms with E-state index in [4.69, 9.17) is 4.74 Å². The minimum atomic E-state index is 0.0363. The van der Waals surface area contributed by atoms with Crippen LogP contribution in [-0.2, 0) is 9.53 Å². The van der Waals surface area contributed by atoms with Crippen LogP contribution in [0.4, 0.5) is 0 Å². The Hall–Kier alpha value is -1.34. The number of carbonyl (C=O) groups excluding carboxylic acids is 1. The molecular formula is C19H35N5O2. The van der Waals surface area contributed by atoms with Gasteiger partial charge in [-0.05, 0) is 51.1 Å². The summed E-state index contributed by atoms with van der Waals surface area (Å²) in [6.07, 6.45) is 6.41. The molecule has 2 atom stereocenters. The van der Waals surface area contributed by atoms with Gasteiger partial charge in [0, 0.05) is 46.9 Å². The van der Waals surface area contributed by atoms with Gasteiger partial charge in [0.25, 0.3) is 0 Å². The number of ether oxygens (including phenoxy) is 1. The van der Waals surface area contributed by atoms with Crippen molar-refractivity contribution in [2.45, 2.75) is 38.2 Å². The molecule has 0 radical (unpaired) electrons. The molecule has 2 unspecified atom stereocenters. The van der Waals surface area contributed by atoms with Crippen molar-refractivity contribution in [2.24, 2.45) is 10.9 Å². The van der Waals surface area contributed by atoms with Crippen LogP contribution in [0.15, 0.2) is 4.99 Å². The Morgan fingerprint density at radius 3 is 2.69 bits per heavy atom. The van der Waals surface area contributed by atoms with Crippen LogP contribution in [0, 0.1) is 5.92 Å². The van der Waals surface area contributed by atoms with Crippen LogP contribution in [0.2, 0.25) is 0 Å². The molecule has 1 N–H and O–H groups in total. The molecule has 3 heterocycles. The number of likely N-dealkylation sites (N-methyl/N-ethyl adjacent to an activating group) is 1. The fourth-order valence-corrected chi connectivity index (χ4v) is 4.07. The van der Waals surface area contributed by atoms with Gasteiger partial charge < -0.3 is 24.8 Å². The van der Waals surface area contributed by atoms with Gasteiger partial charge in [0.05, 0.1) is 6.10 Å². The van der Waals surface area contributed by atoms with Crippen molar-refractivity contribution in [1.82, 2.24) is 20.0 Å². The van der Waals surface area contributed by atoms with Crippen LogP contribution >= 0.6 is 0 Å². The molecule has 3 saturated heterocycles. The third kappa shape index (κ3) is 5.58. The minimum absolute atomic E-state index is 0.0363. The van der Waals surface area contributed by atoms with Crippen molar-refractivity contribution in [2.75, 3.05) is 66.5 Å².